The standard InChI is InChI=1S/C17H20ClN3O3S/c1-11-6-13-7-14(8-15(18)17(13)24-11)25(22,23)20-9-12-2-3-16-19-4-5-21(16)10-12/h4-5,7-8,11-12,20H,2-3,6,9-10H2,1H3/t11-,12-/m0/s1. The third kappa shape index (κ3) is 3.28. The minimum Gasteiger partial charge on any atom is -0.489 e. The van der Waals surface area contributed by atoms with Crippen LogP contribution in [0, 0.1) is 5.92 Å². The molecule has 0 amide bonds. The molecule has 25 heavy (non-hydrogen) atoms. The zero-order chi connectivity index (χ0) is 17.6. The molecule has 2 aromatic rings. The summed E-state index contributed by atoms with van der Waals surface area (Å²) in [6.45, 7) is 3.13. The number of imidazole rings is 1. The van der Waals surface area contributed by atoms with Crippen molar-refractivity contribution < 1.29 is 13.2 Å². The van der Waals surface area contributed by atoms with Crippen molar-refractivity contribution in [3.05, 3.63) is 40.9 Å². The van der Waals surface area contributed by atoms with Gasteiger partial charge in [-0.3, -0.25) is 0 Å². The number of sulfonamides is 1. The van der Waals surface area contributed by atoms with E-state index in [2.05, 4.69) is 14.3 Å². The molecule has 0 spiro atoms. The molecule has 0 bridgehead atoms. The van der Waals surface area contributed by atoms with E-state index >= 15 is 0 Å². The van der Waals surface area contributed by atoms with Gasteiger partial charge in [0.1, 0.15) is 17.7 Å². The van der Waals surface area contributed by atoms with E-state index in [1.54, 1.807) is 12.3 Å². The highest BCUT2D eigenvalue weighted by atomic mass is 35.5. The highest BCUT2D eigenvalue weighted by molar-refractivity contribution is 7.89. The molecule has 0 saturated carbocycles. The summed E-state index contributed by atoms with van der Waals surface area (Å²) in [5.74, 6) is 1.93. The fourth-order valence-corrected chi connectivity index (χ4v) is 5.07. The summed E-state index contributed by atoms with van der Waals surface area (Å²) in [5.41, 5.74) is 0.848. The van der Waals surface area contributed by atoms with Gasteiger partial charge in [-0.05, 0) is 31.4 Å². The van der Waals surface area contributed by atoms with Gasteiger partial charge >= 0.3 is 0 Å². The summed E-state index contributed by atoms with van der Waals surface area (Å²) >= 11 is 6.21. The molecule has 0 unspecified atom stereocenters. The highest BCUT2D eigenvalue weighted by Crippen LogP contribution is 2.38. The largest absolute Gasteiger partial charge is 0.489 e. The molecule has 2 atom stereocenters. The number of rotatable bonds is 4. The second-order valence-electron chi connectivity index (χ2n) is 6.78. The lowest BCUT2D eigenvalue weighted by Crippen LogP contribution is -2.33. The summed E-state index contributed by atoms with van der Waals surface area (Å²) in [5, 5.41) is 0.350. The Bertz CT molecular complexity index is 910. The van der Waals surface area contributed by atoms with E-state index in [1.807, 2.05) is 13.1 Å². The lowest BCUT2D eigenvalue weighted by molar-refractivity contribution is 0.255. The molecular weight excluding hydrogens is 362 g/mol. The van der Waals surface area contributed by atoms with Crippen LogP contribution in [0.2, 0.25) is 5.02 Å². The molecule has 2 aliphatic heterocycles. The number of nitrogens with one attached hydrogen (secondary N) is 1. The van der Waals surface area contributed by atoms with Crippen LogP contribution in [0.4, 0.5) is 0 Å². The van der Waals surface area contributed by atoms with E-state index in [1.165, 1.54) is 6.07 Å². The Hall–Kier alpha value is -1.57. The zero-order valence-electron chi connectivity index (χ0n) is 13.9. The summed E-state index contributed by atoms with van der Waals surface area (Å²) in [6, 6.07) is 3.14. The van der Waals surface area contributed by atoms with Gasteiger partial charge in [-0.25, -0.2) is 18.1 Å². The highest BCUT2D eigenvalue weighted by Gasteiger charge is 2.27. The minimum atomic E-state index is -3.60. The number of aryl methyl sites for hydroxylation is 1. The van der Waals surface area contributed by atoms with Crippen LogP contribution >= 0.6 is 11.6 Å². The summed E-state index contributed by atoms with van der Waals surface area (Å²) < 4.78 is 35.8. The molecule has 1 N–H and O–H groups in total. The molecule has 8 heteroatoms. The van der Waals surface area contributed by atoms with Crippen LogP contribution < -0.4 is 9.46 Å². The Labute approximate surface area is 152 Å². The molecule has 0 fully saturated rings. The van der Waals surface area contributed by atoms with Gasteiger partial charge < -0.3 is 9.30 Å². The van der Waals surface area contributed by atoms with Crippen LogP contribution in [-0.4, -0.2) is 30.6 Å². The first-order valence-electron chi connectivity index (χ1n) is 8.41. The normalized spacial score (nSPS) is 22.3. The summed E-state index contributed by atoms with van der Waals surface area (Å²) in [4.78, 5) is 4.50. The van der Waals surface area contributed by atoms with Gasteiger partial charge in [0, 0.05) is 43.9 Å². The molecule has 6 nitrogen and oxygen atoms in total. The number of fused-ring (bicyclic) bond motifs is 2. The average molecular weight is 382 g/mol. The fraction of sp³-hybridized carbons (Fsp3) is 0.471. The van der Waals surface area contributed by atoms with E-state index < -0.39 is 10.0 Å². The van der Waals surface area contributed by atoms with Crippen molar-refractivity contribution in [1.29, 1.82) is 0 Å². The molecule has 1 aromatic heterocycles. The van der Waals surface area contributed by atoms with Gasteiger partial charge in [0.05, 0.1) is 9.92 Å². The van der Waals surface area contributed by atoms with Gasteiger partial charge in [0.15, 0.2) is 0 Å². The maximum absolute atomic E-state index is 12.7. The Balaban J connectivity index is 1.48. The molecule has 4 rings (SSSR count). The van der Waals surface area contributed by atoms with E-state index in [4.69, 9.17) is 16.3 Å². The molecule has 134 valence electrons. The molecule has 0 aliphatic carbocycles. The topological polar surface area (TPSA) is 73.2 Å². The van der Waals surface area contributed by atoms with Crippen molar-refractivity contribution >= 4 is 21.6 Å². The summed E-state index contributed by atoms with van der Waals surface area (Å²) in [6.07, 6.45) is 6.22. The van der Waals surface area contributed by atoms with E-state index in [0.29, 0.717) is 23.7 Å². The Morgan fingerprint density at radius 2 is 2.28 bits per heavy atom. The van der Waals surface area contributed by atoms with Gasteiger partial charge in [-0.15, -0.1) is 0 Å². The third-order valence-corrected chi connectivity index (χ3v) is 6.51. The fourth-order valence-electron chi connectivity index (χ4n) is 3.53. The van der Waals surface area contributed by atoms with Crippen LogP contribution in [0.3, 0.4) is 0 Å². The van der Waals surface area contributed by atoms with Crippen molar-refractivity contribution in [2.75, 3.05) is 6.54 Å². The predicted octanol–water partition coefficient (Wildman–Crippen LogP) is 2.40. The molecule has 0 saturated heterocycles. The van der Waals surface area contributed by atoms with Gasteiger partial charge in [-0.1, -0.05) is 11.6 Å². The van der Waals surface area contributed by atoms with E-state index in [0.717, 1.165) is 30.8 Å². The SMILES string of the molecule is C[C@H]1Cc2cc(S(=O)(=O)NC[C@@H]3CCc4nccn4C3)cc(Cl)c2O1. The first-order chi connectivity index (χ1) is 11.9. The van der Waals surface area contributed by atoms with Crippen LogP contribution in [0.25, 0.3) is 0 Å². The van der Waals surface area contributed by atoms with Gasteiger partial charge in [0.25, 0.3) is 0 Å². The Kier molecular flexibility index (Phi) is 4.25. The van der Waals surface area contributed by atoms with Crippen molar-refractivity contribution in [3.63, 3.8) is 0 Å². The number of aromatic nitrogens is 2. The maximum atomic E-state index is 12.7. The number of hydrogen-bond donors (Lipinski definition) is 1. The first kappa shape index (κ1) is 16.9. The maximum Gasteiger partial charge on any atom is 0.240 e. The van der Waals surface area contributed by atoms with Crippen LogP contribution in [0.1, 0.15) is 24.7 Å². The number of halogens is 1. The van der Waals surface area contributed by atoms with E-state index in [9.17, 15) is 8.42 Å². The van der Waals surface area contributed by atoms with Crippen molar-refractivity contribution in [2.45, 2.75) is 43.7 Å². The van der Waals surface area contributed by atoms with E-state index in [-0.39, 0.29) is 16.9 Å². The van der Waals surface area contributed by atoms with Gasteiger partial charge in [-0.2, -0.15) is 0 Å². The van der Waals surface area contributed by atoms with Crippen molar-refractivity contribution in [1.82, 2.24) is 14.3 Å². The smallest absolute Gasteiger partial charge is 0.240 e. The van der Waals surface area contributed by atoms with Crippen LogP contribution in [-0.2, 0) is 29.4 Å². The van der Waals surface area contributed by atoms with Crippen molar-refractivity contribution in [3.8, 4) is 5.75 Å². The quantitative estimate of drug-likeness (QED) is 0.882. The average Bonchev–Trinajstić information content (AvgIpc) is 3.18. The second-order valence-corrected chi connectivity index (χ2v) is 8.95. The Morgan fingerprint density at radius 3 is 3.12 bits per heavy atom. The molecule has 1 aromatic carbocycles. The molecule has 3 heterocycles. The number of nitrogens with zero attached hydrogens (tertiary/aromatic N) is 2. The minimum absolute atomic E-state index is 0.0185. The predicted molar refractivity (Wildman–Crippen MR) is 94.5 cm³/mol. The van der Waals surface area contributed by atoms with Gasteiger partial charge in [0.2, 0.25) is 10.0 Å². The van der Waals surface area contributed by atoms with Crippen LogP contribution in [0.15, 0.2) is 29.4 Å². The molecule has 0 radical (unpaired) electrons. The number of benzene rings is 1. The van der Waals surface area contributed by atoms with Crippen molar-refractivity contribution in [2.24, 2.45) is 5.92 Å². The number of hydrogen-bond acceptors (Lipinski definition) is 4. The lowest BCUT2D eigenvalue weighted by atomic mass is 10.00. The third-order valence-electron chi connectivity index (χ3n) is 4.83. The monoisotopic (exact) mass is 381 g/mol. The molecule has 2 aliphatic rings. The lowest BCUT2D eigenvalue weighted by Gasteiger charge is -2.24. The first-order valence-corrected chi connectivity index (χ1v) is 10.3. The molecular formula is C17H20ClN3O3S. The zero-order valence-corrected chi connectivity index (χ0v) is 15.5. The summed E-state index contributed by atoms with van der Waals surface area (Å²) in [7, 11) is -3.60. The Morgan fingerprint density at radius 1 is 1.44 bits per heavy atom. The number of ether oxygens (including phenoxy) is 1. The van der Waals surface area contributed by atoms with Crippen LogP contribution in [0.5, 0.6) is 5.75 Å². The second kappa shape index (κ2) is 6.30.